The molecule has 0 radical (unpaired) electrons. The lowest BCUT2D eigenvalue weighted by atomic mass is 9.97. The molecular formula is C54H66N4O4. The second kappa shape index (κ2) is 26.0. The first kappa shape index (κ1) is 45.9. The molecule has 1 heterocycles. The molecule has 0 spiro atoms. The van der Waals surface area contributed by atoms with Crippen LogP contribution in [-0.4, -0.2) is 71.2 Å². The van der Waals surface area contributed by atoms with Crippen molar-refractivity contribution in [1.82, 2.24) is 20.5 Å². The maximum Gasteiger partial charge on any atom is 0.234 e. The maximum absolute atomic E-state index is 14.0. The smallest absolute Gasteiger partial charge is 0.234 e. The normalized spacial score (nSPS) is 13.5. The summed E-state index contributed by atoms with van der Waals surface area (Å²) in [5.74, 6) is 0.335. The molecule has 0 saturated heterocycles. The van der Waals surface area contributed by atoms with Gasteiger partial charge in [-0.2, -0.15) is 0 Å². The zero-order valence-electron chi connectivity index (χ0n) is 36.4. The molecule has 62 heavy (non-hydrogen) atoms. The fraction of sp³-hybridized carbons (Fsp3) is 0.389. The molecule has 4 aromatic carbocycles. The first-order valence-corrected chi connectivity index (χ1v) is 22.9. The number of aliphatic hydroxyl groups excluding tert-OH is 1. The molecule has 0 saturated carbocycles. The van der Waals surface area contributed by atoms with Gasteiger partial charge in [0.15, 0.2) is 0 Å². The van der Waals surface area contributed by atoms with Crippen LogP contribution in [0.15, 0.2) is 151 Å². The van der Waals surface area contributed by atoms with Gasteiger partial charge in [0.1, 0.15) is 18.5 Å². The van der Waals surface area contributed by atoms with E-state index in [0.717, 1.165) is 101 Å². The number of ether oxygens (including phenoxy) is 1. The van der Waals surface area contributed by atoms with Gasteiger partial charge in [-0.05, 0) is 131 Å². The lowest BCUT2D eigenvalue weighted by molar-refractivity contribution is -0.126. The number of benzene rings is 4. The molecule has 6 rings (SSSR count). The number of rotatable bonds is 27. The highest BCUT2D eigenvalue weighted by Crippen LogP contribution is 2.24. The molecule has 0 aliphatic heterocycles. The molecule has 326 valence electrons. The Kier molecular flexibility index (Phi) is 19.3. The standard InChI is InChI=1S/C54H66N4O4/c59-49(42-62-52-37-17-36-51-50(52)35-18-38-55-51)39-58(40-53(60)56-47(31-13-27-43-19-5-1-6-20-43)32-14-28-44-21-7-2-8-22-44)41-54(61)57-48(33-15-29-45-23-9-3-10-24-45)34-16-30-46-25-11-4-12-26-46/h1-3,5-11,17-26,35-38,47-49,59H,4,12-16,27-34,39-42H2,(H,56,60)(H,57,61)/t48?,49-/m1/s1. The number of carbonyl (C=O) groups excluding carboxylic acids is 2. The number of aryl methyl sites for hydroxylation is 3. The minimum absolute atomic E-state index is 0.00174. The van der Waals surface area contributed by atoms with Crippen LogP contribution >= 0.6 is 0 Å². The Morgan fingerprint density at radius 3 is 1.68 bits per heavy atom. The molecule has 1 aliphatic rings. The predicted octanol–water partition coefficient (Wildman–Crippen LogP) is 9.76. The molecule has 1 unspecified atom stereocenters. The average Bonchev–Trinajstić information content (AvgIpc) is 3.29. The van der Waals surface area contributed by atoms with Crippen LogP contribution in [-0.2, 0) is 28.9 Å². The summed E-state index contributed by atoms with van der Waals surface area (Å²) in [4.78, 5) is 34.2. The van der Waals surface area contributed by atoms with Crippen molar-refractivity contribution in [3.8, 4) is 5.75 Å². The molecule has 1 aromatic heterocycles. The van der Waals surface area contributed by atoms with Crippen molar-refractivity contribution >= 4 is 22.7 Å². The molecular weight excluding hydrogens is 769 g/mol. The number of hydrogen-bond donors (Lipinski definition) is 3. The number of carbonyl (C=O) groups is 2. The van der Waals surface area contributed by atoms with E-state index in [1.165, 1.54) is 22.3 Å². The molecule has 1 aliphatic carbocycles. The number of pyridine rings is 1. The summed E-state index contributed by atoms with van der Waals surface area (Å²) in [5.41, 5.74) is 6.05. The molecule has 8 nitrogen and oxygen atoms in total. The third-order valence-corrected chi connectivity index (χ3v) is 11.6. The number of aromatic nitrogens is 1. The largest absolute Gasteiger partial charge is 0.490 e. The highest BCUT2D eigenvalue weighted by atomic mass is 16.5. The van der Waals surface area contributed by atoms with E-state index in [1.807, 2.05) is 48.5 Å². The van der Waals surface area contributed by atoms with E-state index in [2.05, 4.69) is 107 Å². The zero-order chi connectivity index (χ0) is 43.0. The van der Waals surface area contributed by atoms with Crippen molar-refractivity contribution in [2.75, 3.05) is 26.2 Å². The Labute approximate surface area is 369 Å². The summed E-state index contributed by atoms with van der Waals surface area (Å²) in [6.45, 7) is 0.0611. The minimum atomic E-state index is -0.950. The van der Waals surface area contributed by atoms with Crippen LogP contribution in [0, 0.1) is 0 Å². The number of allylic oxidation sites excluding steroid dienone is 4. The van der Waals surface area contributed by atoms with Crippen LogP contribution in [0.2, 0.25) is 0 Å². The Hall–Kier alpha value is -5.57. The number of aliphatic hydroxyl groups is 1. The van der Waals surface area contributed by atoms with Gasteiger partial charge in [-0.3, -0.25) is 19.5 Å². The second-order valence-electron chi connectivity index (χ2n) is 16.8. The monoisotopic (exact) mass is 835 g/mol. The van der Waals surface area contributed by atoms with E-state index in [4.69, 9.17) is 4.74 Å². The Bertz CT molecular complexity index is 2070. The molecule has 2 atom stereocenters. The Balaban J connectivity index is 1.10. The van der Waals surface area contributed by atoms with Gasteiger partial charge in [0.2, 0.25) is 11.8 Å². The van der Waals surface area contributed by atoms with Gasteiger partial charge in [0.05, 0.1) is 18.6 Å². The molecule has 8 heteroatoms. The van der Waals surface area contributed by atoms with Crippen molar-refractivity contribution in [2.24, 2.45) is 0 Å². The van der Waals surface area contributed by atoms with Crippen LogP contribution in [0.4, 0.5) is 0 Å². The molecule has 5 aromatic rings. The Morgan fingerprint density at radius 2 is 1.16 bits per heavy atom. The van der Waals surface area contributed by atoms with Crippen molar-refractivity contribution in [3.63, 3.8) is 0 Å². The van der Waals surface area contributed by atoms with Crippen molar-refractivity contribution in [3.05, 3.63) is 168 Å². The molecule has 0 bridgehead atoms. The van der Waals surface area contributed by atoms with Gasteiger partial charge in [-0.1, -0.05) is 121 Å². The highest BCUT2D eigenvalue weighted by molar-refractivity contribution is 5.84. The van der Waals surface area contributed by atoms with Crippen molar-refractivity contribution < 1.29 is 19.4 Å². The molecule has 0 fully saturated rings. The molecule has 3 N–H and O–H groups in total. The van der Waals surface area contributed by atoms with Crippen LogP contribution in [0.5, 0.6) is 5.75 Å². The van der Waals surface area contributed by atoms with E-state index >= 15 is 0 Å². The van der Waals surface area contributed by atoms with Crippen molar-refractivity contribution in [1.29, 1.82) is 0 Å². The SMILES string of the molecule is O=C(CN(CC(=O)NC(CCCc1ccccc1)CCCc1ccccc1)C[C@@H](O)COc1cccc2ncccc12)NC(CCCC1=CCCC=C1)CCCc1ccccc1. The Morgan fingerprint density at radius 1 is 0.629 bits per heavy atom. The number of amides is 2. The van der Waals surface area contributed by atoms with Gasteiger partial charge < -0.3 is 20.5 Å². The van der Waals surface area contributed by atoms with Gasteiger partial charge in [0, 0.05) is 30.2 Å². The van der Waals surface area contributed by atoms with Gasteiger partial charge in [0.25, 0.3) is 0 Å². The maximum atomic E-state index is 14.0. The zero-order valence-corrected chi connectivity index (χ0v) is 36.4. The lowest BCUT2D eigenvalue weighted by Gasteiger charge is -2.27. The fourth-order valence-electron chi connectivity index (χ4n) is 8.45. The van der Waals surface area contributed by atoms with E-state index in [-0.39, 0.29) is 50.1 Å². The van der Waals surface area contributed by atoms with Gasteiger partial charge in [-0.25, -0.2) is 0 Å². The fourth-order valence-corrected chi connectivity index (χ4v) is 8.45. The highest BCUT2D eigenvalue weighted by Gasteiger charge is 2.23. The quantitative estimate of drug-likeness (QED) is 0.0487. The van der Waals surface area contributed by atoms with Crippen LogP contribution in [0.3, 0.4) is 0 Å². The van der Waals surface area contributed by atoms with Crippen LogP contribution in [0.1, 0.15) is 87.3 Å². The predicted molar refractivity (Wildman–Crippen MR) is 252 cm³/mol. The number of fused-ring (bicyclic) bond motifs is 1. The third kappa shape index (κ3) is 16.7. The number of hydrogen-bond acceptors (Lipinski definition) is 6. The summed E-state index contributed by atoms with van der Waals surface area (Å²) in [6.07, 6.45) is 20.9. The minimum Gasteiger partial charge on any atom is -0.490 e. The number of nitrogens with one attached hydrogen (secondary N) is 2. The number of nitrogens with zero attached hydrogens (tertiary/aromatic N) is 2. The van der Waals surface area contributed by atoms with Crippen molar-refractivity contribution in [2.45, 2.75) is 108 Å². The van der Waals surface area contributed by atoms with E-state index in [1.54, 1.807) is 11.1 Å². The summed E-state index contributed by atoms with van der Waals surface area (Å²) in [5, 5.41) is 19.0. The van der Waals surface area contributed by atoms with Gasteiger partial charge in [-0.15, -0.1) is 0 Å². The summed E-state index contributed by atoms with van der Waals surface area (Å²) < 4.78 is 6.13. The summed E-state index contributed by atoms with van der Waals surface area (Å²) in [6, 6.07) is 40.9. The van der Waals surface area contributed by atoms with E-state index in [0.29, 0.717) is 5.75 Å². The average molecular weight is 835 g/mol. The lowest BCUT2D eigenvalue weighted by Crippen LogP contribution is -2.49. The van der Waals surface area contributed by atoms with E-state index < -0.39 is 6.10 Å². The van der Waals surface area contributed by atoms with Crippen LogP contribution < -0.4 is 15.4 Å². The summed E-state index contributed by atoms with van der Waals surface area (Å²) in [7, 11) is 0. The third-order valence-electron chi connectivity index (χ3n) is 11.6. The van der Waals surface area contributed by atoms with Crippen LogP contribution in [0.25, 0.3) is 10.9 Å². The summed E-state index contributed by atoms with van der Waals surface area (Å²) >= 11 is 0. The first-order valence-electron chi connectivity index (χ1n) is 22.9. The first-order chi connectivity index (χ1) is 30.5. The topological polar surface area (TPSA) is 104 Å². The second-order valence-corrected chi connectivity index (χ2v) is 16.8. The molecule has 2 amide bonds. The van der Waals surface area contributed by atoms with E-state index in [9.17, 15) is 14.7 Å². The van der Waals surface area contributed by atoms with Gasteiger partial charge >= 0.3 is 0 Å².